The fraction of sp³-hybridized carbons (Fsp3) is 0.750. The molecule has 3 unspecified atom stereocenters. The monoisotopic (exact) mass is 307 g/mol. The fourth-order valence-electron chi connectivity index (χ4n) is 3.58. The number of carbonyl (C=O) groups excluding carboxylic acids is 1. The van der Waals surface area contributed by atoms with E-state index in [9.17, 15) is 4.79 Å². The summed E-state index contributed by atoms with van der Waals surface area (Å²) < 4.78 is 0. The zero-order valence-electron chi connectivity index (χ0n) is 12.9. The number of rotatable bonds is 4. The van der Waals surface area contributed by atoms with E-state index in [1.54, 1.807) is 11.3 Å². The van der Waals surface area contributed by atoms with Gasteiger partial charge in [0, 0.05) is 23.9 Å². The molecule has 1 saturated heterocycles. The molecule has 3 rings (SSSR count). The van der Waals surface area contributed by atoms with Crippen LogP contribution in [0.4, 0.5) is 0 Å². The van der Waals surface area contributed by atoms with Gasteiger partial charge in [0.1, 0.15) is 0 Å². The molecule has 0 spiro atoms. The zero-order valence-corrected chi connectivity index (χ0v) is 13.8. The number of carbonyl (C=O) groups is 1. The van der Waals surface area contributed by atoms with Gasteiger partial charge in [0.25, 0.3) is 0 Å². The molecule has 1 aromatic heterocycles. The van der Waals surface area contributed by atoms with Crippen LogP contribution in [0.5, 0.6) is 0 Å². The Kier molecular flexibility index (Phi) is 4.60. The first-order valence-corrected chi connectivity index (χ1v) is 8.92. The van der Waals surface area contributed by atoms with Gasteiger partial charge in [-0.2, -0.15) is 0 Å². The molecule has 0 radical (unpaired) electrons. The van der Waals surface area contributed by atoms with Crippen molar-refractivity contribution in [2.75, 3.05) is 6.54 Å². The molecule has 2 heterocycles. The molecule has 1 saturated carbocycles. The van der Waals surface area contributed by atoms with Gasteiger partial charge in [-0.15, -0.1) is 11.3 Å². The van der Waals surface area contributed by atoms with E-state index < -0.39 is 0 Å². The van der Waals surface area contributed by atoms with Crippen LogP contribution in [0, 0.1) is 19.8 Å². The molecular weight excluding hydrogens is 282 g/mol. The second-order valence-electron chi connectivity index (χ2n) is 6.40. The first-order valence-electron chi connectivity index (χ1n) is 8.10. The SMILES string of the molecule is Cc1nc(CCNC(=O)C2CC3CCCCC3N2)sc1C. The zero-order chi connectivity index (χ0) is 14.8. The third kappa shape index (κ3) is 3.46. The maximum atomic E-state index is 12.3. The third-order valence-electron chi connectivity index (χ3n) is 4.89. The van der Waals surface area contributed by atoms with Gasteiger partial charge in [0.05, 0.1) is 16.7 Å². The van der Waals surface area contributed by atoms with Gasteiger partial charge in [0.15, 0.2) is 0 Å². The Bertz CT molecular complexity index is 480. The van der Waals surface area contributed by atoms with Crippen molar-refractivity contribution in [3.8, 4) is 0 Å². The lowest BCUT2D eigenvalue weighted by Crippen LogP contribution is -2.43. The molecule has 1 amide bonds. The molecule has 0 bridgehead atoms. The van der Waals surface area contributed by atoms with Gasteiger partial charge in [-0.1, -0.05) is 12.8 Å². The van der Waals surface area contributed by atoms with E-state index in [1.165, 1.54) is 30.6 Å². The van der Waals surface area contributed by atoms with E-state index in [0.29, 0.717) is 12.6 Å². The third-order valence-corrected chi connectivity index (χ3v) is 6.02. The molecular formula is C16H25N3OS. The second kappa shape index (κ2) is 6.44. The summed E-state index contributed by atoms with van der Waals surface area (Å²) in [5, 5.41) is 7.73. The van der Waals surface area contributed by atoms with Crippen molar-refractivity contribution in [1.82, 2.24) is 15.6 Å². The number of hydrogen-bond donors (Lipinski definition) is 2. The first-order chi connectivity index (χ1) is 10.1. The van der Waals surface area contributed by atoms with Crippen LogP contribution < -0.4 is 10.6 Å². The van der Waals surface area contributed by atoms with E-state index >= 15 is 0 Å². The second-order valence-corrected chi connectivity index (χ2v) is 7.68. The molecule has 1 aromatic rings. The highest BCUT2D eigenvalue weighted by atomic mass is 32.1. The van der Waals surface area contributed by atoms with Gasteiger partial charge in [-0.05, 0) is 39.0 Å². The minimum Gasteiger partial charge on any atom is -0.354 e. The lowest BCUT2D eigenvalue weighted by atomic mass is 9.85. The minimum absolute atomic E-state index is 0.0258. The Hall–Kier alpha value is -0.940. The number of hydrogen-bond acceptors (Lipinski definition) is 4. The number of amides is 1. The number of aryl methyl sites for hydroxylation is 2. The highest BCUT2D eigenvalue weighted by Crippen LogP contribution is 2.33. The van der Waals surface area contributed by atoms with Crippen LogP contribution in [-0.4, -0.2) is 29.5 Å². The number of nitrogens with one attached hydrogen (secondary N) is 2. The molecule has 2 aliphatic rings. The van der Waals surface area contributed by atoms with Crippen molar-refractivity contribution >= 4 is 17.2 Å². The summed E-state index contributed by atoms with van der Waals surface area (Å²) in [7, 11) is 0. The summed E-state index contributed by atoms with van der Waals surface area (Å²) in [4.78, 5) is 18.1. The van der Waals surface area contributed by atoms with Gasteiger partial charge in [0.2, 0.25) is 5.91 Å². The van der Waals surface area contributed by atoms with Crippen molar-refractivity contribution in [2.24, 2.45) is 5.92 Å². The van der Waals surface area contributed by atoms with E-state index in [2.05, 4.69) is 22.5 Å². The topological polar surface area (TPSA) is 54.0 Å². The summed E-state index contributed by atoms with van der Waals surface area (Å²) >= 11 is 1.74. The number of fused-ring (bicyclic) bond motifs is 1. The van der Waals surface area contributed by atoms with Crippen LogP contribution in [-0.2, 0) is 11.2 Å². The molecule has 2 N–H and O–H groups in total. The van der Waals surface area contributed by atoms with Crippen molar-refractivity contribution in [2.45, 2.75) is 64.5 Å². The normalized spacial score (nSPS) is 28.4. The van der Waals surface area contributed by atoms with Gasteiger partial charge < -0.3 is 10.6 Å². The summed E-state index contributed by atoms with van der Waals surface area (Å²) in [5.41, 5.74) is 1.11. The first kappa shape index (κ1) is 15.0. The highest BCUT2D eigenvalue weighted by Gasteiger charge is 2.37. The molecule has 0 aromatic carbocycles. The predicted octanol–water partition coefficient (Wildman–Crippen LogP) is 2.34. The standard InChI is InChI=1S/C16H25N3OS/c1-10-11(2)21-15(18-10)7-8-17-16(20)14-9-12-5-3-4-6-13(12)19-14/h12-14,19H,3-9H2,1-2H3,(H,17,20). The number of thiazole rings is 1. The van der Waals surface area contributed by atoms with Crippen LogP contribution in [0.2, 0.25) is 0 Å². The average molecular weight is 307 g/mol. The molecule has 3 atom stereocenters. The van der Waals surface area contributed by atoms with Crippen molar-refractivity contribution in [3.05, 3.63) is 15.6 Å². The lowest BCUT2D eigenvalue weighted by Gasteiger charge is -2.24. The molecule has 4 nitrogen and oxygen atoms in total. The Labute approximate surface area is 130 Å². The quantitative estimate of drug-likeness (QED) is 0.898. The Morgan fingerprint density at radius 3 is 2.90 bits per heavy atom. The van der Waals surface area contributed by atoms with Crippen LogP contribution in [0.25, 0.3) is 0 Å². The average Bonchev–Trinajstić information content (AvgIpc) is 3.03. The van der Waals surface area contributed by atoms with Gasteiger partial charge >= 0.3 is 0 Å². The Balaban J connectivity index is 1.44. The fourth-order valence-corrected chi connectivity index (χ4v) is 4.52. The molecule has 21 heavy (non-hydrogen) atoms. The number of nitrogens with zero attached hydrogens (tertiary/aromatic N) is 1. The van der Waals surface area contributed by atoms with Gasteiger partial charge in [-0.3, -0.25) is 4.79 Å². The molecule has 5 heteroatoms. The Morgan fingerprint density at radius 1 is 1.38 bits per heavy atom. The van der Waals surface area contributed by atoms with Crippen molar-refractivity contribution in [3.63, 3.8) is 0 Å². The van der Waals surface area contributed by atoms with Crippen LogP contribution >= 0.6 is 11.3 Å². The van der Waals surface area contributed by atoms with Crippen molar-refractivity contribution < 1.29 is 4.79 Å². The lowest BCUT2D eigenvalue weighted by molar-refractivity contribution is -0.122. The predicted molar refractivity (Wildman–Crippen MR) is 85.6 cm³/mol. The minimum atomic E-state index is 0.0258. The largest absolute Gasteiger partial charge is 0.354 e. The van der Waals surface area contributed by atoms with Crippen molar-refractivity contribution in [1.29, 1.82) is 0 Å². The molecule has 1 aliphatic carbocycles. The highest BCUT2D eigenvalue weighted by molar-refractivity contribution is 7.11. The maximum absolute atomic E-state index is 12.3. The van der Waals surface area contributed by atoms with Crippen LogP contribution in [0.3, 0.4) is 0 Å². The van der Waals surface area contributed by atoms with E-state index in [-0.39, 0.29) is 11.9 Å². The molecule has 1 aliphatic heterocycles. The van der Waals surface area contributed by atoms with Crippen LogP contribution in [0.15, 0.2) is 0 Å². The summed E-state index contributed by atoms with van der Waals surface area (Å²) in [6, 6.07) is 0.608. The van der Waals surface area contributed by atoms with E-state index in [1.807, 2.05) is 6.92 Å². The summed E-state index contributed by atoms with van der Waals surface area (Å²) in [5.74, 6) is 0.896. The summed E-state index contributed by atoms with van der Waals surface area (Å²) in [6.07, 6.45) is 7.03. The van der Waals surface area contributed by atoms with E-state index in [0.717, 1.165) is 29.5 Å². The molecule has 116 valence electrons. The maximum Gasteiger partial charge on any atom is 0.237 e. The molecule has 2 fully saturated rings. The van der Waals surface area contributed by atoms with E-state index in [4.69, 9.17) is 0 Å². The van der Waals surface area contributed by atoms with Gasteiger partial charge in [-0.25, -0.2) is 4.98 Å². The Morgan fingerprint density at radius 2 is 2.19 bits per heavy atom. The summed E-state index contributed by atoms with van der Waals surface area (Å²) in [6.45, 7) is 4.83. The smallest absolute Gasteiger partial charge is 0.237 e. The van der Waals surface area contributed by atoms with Crippen LogP contribution in [0.1, 0.15) is 47.7 Å². The number of aromatic nitrogens is 1.